The Labute approximate surface area is 135 Å². The lowest BCUT2D eigenvalue weighted by Gasteiger charge is -2.05. The van der Waals surface area contributed by atoms with Gasteiger partial charge in [-0.05, 0) is 12.1 Å². The highest BCUT2D eigenvalue weighted by atomic mass is 16.4. The number of carboxylic acid groups (broad SMARTS) is 1. The maximum Gasteiger partial charge on any atom is 0.409 e. The molecule has 24 heavy (non-hydrogen) atoms. The molecule has 9 heteroatoms. The Morgan fingerprint density at radius 3 is 2.92 bits per heavy atom. The number of nitrogens with zero attached hydrogens (tertiary/aromatic N) is 3. The van der Waals surface area contributed by atoms with Crippen molar-refractivity contribution in [2.75, 3.05) is 5.32 Å². The molecule has 3 aromatic rings. The largest absolute Gasteiger partial charge is 0.465 e. The number of carbonyl (C=O) groups excluding carboxylic acids is 1. The van der Waals surface area contributed by atoms with Gasteiger partial charge in [0.1, 0.15) is 5.69 Å². The van der Waals surface area contributed by atoms with Crippen LogP contribution in [0.1, 0.15) is 15.9 Å². The highest BCUT2D eigenvalue weighted by Gasteiger charge is 2.23. The van der Waals surface area contributed by atoms with E-state index in [2.05, 4.69) is 25.8 Å². The number of amides is 2. The molecule has 0 saturated heterocycles. The van der Waals surface area contributed by atoms with Gasteiger partial charge in [0, 0.05) is 35.4 Å². The van der Waals surface area contributed by atoms with Crippen LogP contribution in [0.2, 0.25) is 0 Å². The Bertz CT molecular complexity index is 1030. The molecule has 1 aromatic carbocycles. The molecule has 0 spiro atoms. The minimum atomic E-state index is -1.21. The van der Waals surface area contributed by atoms with Crippen molar-refractivity contribution in [1.29, 1.82) is 0 Å². The van der Waals surface area contributed by atoms with Gasteiger partial charge in [-0.15, -0.1) is 0 Å². The summed E-state index contributed by atoms with van der Waals surface area (Å²) in [6.07, 6.45) is 3.86. The van der Waals surface area contributed by atoms with Crippen molar-refractivity contribution < 1.29 is 14.7 Å². The number of H-pyrrole nitrogens is 1. The highest BCUT2D eigenvalue weighted by Crippen LogP contribution is 2.33. The Morgan fingerprint density at radius 1 is 1.38 bits per heavy atom. The van der Waals surface area contributed by atoms with E-state index in [1.165, 1.54) is 6.07 Å². The van der Waals surface area contributed by atoms with Crippen LogP contribution in [-0.4, -0.2) is 37.9 Å². The normalized spacial score (nSPS) is 13.0. The summed E-state index contributed by atoms with van der Waals surface area (Å²) >= 11 is 0. The van der Waals surface area contributed by atoms with Crippen LogP contribution in [0.4, 0.5) is 10.5 Å². The van der Waals surface area contributed by atoms with Crippen LogP contribution in [0.25, 0.3) is 22.3 Å². The summed E-state index contributed by atoms with van der Waals surface area (Å²) in [7, 11) is 1.86. The third kappa shape index (κ3) is 2.10. The third-order valence-corrected chi connectivity index (χ3v) is 3.75. The van der Waals surface area contributed by atoms with Gasteiger partial charge in [-0.1, -0.05) is 0 Å². The second-order valence-electron chi connectivity index (χ2n) is 5.41. The molecular formula is C15H12N6O3. The molecule has 120 valence electrons. The molecule has 4 rings (SSSR count). The number of carbonyl (C=O) groups is 2. The van der Waals surface area contributed by atoms with E-state index in [9.17, 15) is 9.59 Å². The van der Waals surface area contributed by atoms with E-state index < -0.39 is 12.0 Å². The maximum atomic E-state index is 12.2. The van der Waals surface area contributed by atoms with Crippen molar-refractivity contribution in [2.24, 2.45) is 12.1 Å². The zero-order valence-corrected chi connectivity index (χ0v) is 12.5. The molecule has 0 aliphatic carbocycles. The van der Waals surface area contributed by atoms with Crippen LogP contribution in [0, 0.1) is 0 Å². The lowest BCUT2D eigenvalue weighted by atomic mass is 10.0. The van der Waals surface area contributed by atoms with Crippen molar-refractivity contribution in [2.45, 2.75) is 0 Å². The molecule has 4 N–H and O–H groups in total. The average molecular weight is 324 g/mol. The summed E-state index contributed by atoms with van der Waals surface area (Å²) < 4.78 is 1.81. The van der Waals surface area contributed by atoms with Crippen molar-refractivity contribution in [1.82, 2.24) is 20.0 Å². The lowest BCUT2D eigenvalue weighted by Crippen LogP contribution is -2.17. The molecule has 3 heterocycles. The van der Waals surface area contributed by atoms with E-state index in [4.69, 9.17) is 5.11 Å². The van der Waals surface area contributed by atoms with E-state index in [1.54, 1.807) is 18.6 Å². The Kier molecular flexibility index (Phi) is 2.89. The van der Waals surface area contributed by atoms with Gasteiger partial charge >= 0.3 is 6.09 Å². The summed E-state index contributed by atoms with van der Waals surface area (Å²) in [4.78, 5) is 30.7. The smallest absolute Gasteiger partial charge is 0.409 e. The van der Waals surface area contributed by atoms with Gasteiger partial charge < -0.3 is 14.7 Å². The number of imidazole rings is 1. The molecular weight excluding hydrogens is 312 g/mol. The number of aromatic amines is 1. The average Bonchev–Trinajstić information content (AvgIpc) is 3.05. The number of hydrazone groups is 1. The van der Waals surface area contributed by atoms with Gasteiger partial charge in [-0.2, -0.15) is 5.10 Å². The molecule has 0 fully saturated rings. The molecule has 2 amide bonds. The van der Waals surface area contributed by atoms with Gasteiger partial charge in [0.2, 0.25) is 0 Å². The van der Waals surface area contributed by atoms with E-state index in [1.807, 2.05) is 17.8 Å². The minimum Gasteiger partial charge on any atom is -0.465 e. The van der Waals surface area contributed by atoms with Crippen molar-refractivity contribution in [3.63, 3.8) is 0 Å². The van der Waals surface area contributed by atoms with Crippen LogP contribution in [0.15, 0.2) is 29.8 Å². The molecule has 2 aromatic heterocycles. The minimum absolute atomic E-state index is 0.294. The molecule has 0 unspecified atom stereocenters. The summed E-state index contributed by atoms with van der Waals surface area (Å²) in [5, 5.41) is 15.8. The molecule has 9 nitrogen and oxygen atoms in total. The van der Waals surface area contributed by atoms with Crippen LogP contribution in [0.3, 0.4) is 0 Å². The summed E-state index contributed by atoms with van der Waals surface area (Å²) in [6.45, 7) is 0. The number of rotatable bonds is 2. The number of hydrogen-bond acceptors (Lipinski definition) is 4. The number of benzene rings is 1. The molecule has 1 aliphatic heterocycles. The second-order valence-corrected chi connectivity index (χ2v) is 5.41. The Hall–Kier alpha value is -3.62. The fourth-order valence-electron chi connectivity index (χ4n) is 2.82. The fourth-order valence-corrected chi connectivity index (χ4v) is 2.82. The van der Waals surface area contributed by atoms with Gasteiger partial charge in [0.25, 0.3) is 5.91 Å². The van der Waals surface area contributed by atoms with E-state index >= 15 is 0 Å². The first-order valence-corrected chi connectivity index (χ1v) is 7.04. The number of nitrogens with one attached hydrogen (secondary N) is 3. The summed E-state index contributed by atoms with van der Waals surface area (Å²) in [5.74, 6) is -0.407. The lowest BCUT2D eigenvalue weighted by molar-refractivity contribution is 0.0957. The molecule has 1 aliphatic rings. The van der Waals surface area contributed by atoms with Crippen LogP contribution in [0.5, 0.6) is 0 Å². The molecule has 0 atom stereocenters. The highest BCUT2D eigenvalue weighted by molar-refractivity contribution is 6.18. The summed E-state index contributed by atoms with van der Waals surface area (Å²) in [6, 6.07) is 3.12. The monoisotopic (exact) mass is 324 g/mol. The number of hydrogen-bond donors (Lipinski definition) is 4. The molecule has 0 saturated carbocycles. The standard InChI is InChI=1S/C15H12N6O3/c1-21-5-11(16-6-21)13-9-4-17-20-14(22)8-2-7(18-15(23)24)3-10(19-13)12(8)9/h2-6,18-19H,1H3,(H,20,22)(H,23,24). The number of anilines is 1. The van der Waals surface area contributed by atoms with Gasteiger partial charge in [0.15, 0.2) is 0 Å². The second kappa shape index (κ2) is 4.95. The maximum absolute atomic E-state index is 12.2. The van der Waals surface area contributed by atoms with E-state index in [-0.39, 0.29) is 0 Å². The van der Waals surface area contributed by atoms with Gasteiger partial charge in [-0.3, -0.25) is 10.1 Å². The number of aryl methyl sites for hydroxylation is 1. The predicted octanol–water partition coefficient (Wildman–Crippen LogP) is 1.74. The predicted molar refractivity (Wildman–Crippen MR) is 87.2 cm³/mol. The van der Waals surface area contributed by atoms with Crippen LogP contribution < -0.4 is 10.7 Å². The van der Waals surface area contributed by atoms with Crippen molar-refractivity contribution in [3.05, 3.63) is 35.8 Å². The Morgan fingerprint density at radius 2 is 2.21 bits per heavy atom. The first-order chi connectivity index (χ1) is 11.5. The fraction of sp³-hybridized carbons (Fsp3) is 0.0667. The van der Waals surface area contributed by atoms with Crippen LogP contribution in [-0.2, 0) is 7.05 Å². The van der Waals surface area contributed by atoms with Crippen molar-refractivity contribution in [3.8, 4) is 11.4 Å². The SMILES string of the molecule is Cn1cnc(-c2[nH]c3cc(NC(=O)O)cc4c3c2C=NNC4=O)c1. The van der Waals surface area contributed by atoms with Gasteiger partial charge in [-0.25, -0.2) is 15.2 Å². The Balaban J connectivity index is 2.02. The molecule has 0 bridgehead atoms. The van der Waals surface area contributed by atoms with Gasteiger partial charge in [0.05, 0.1) is 23.8 Å². The zero-order chi connectivity index (χ0) is 16.8. The number of aromatic nitrogens is 3. The van der Waals surface area contributed by atoms with Crippen molar-refractivity contribution >= 4 is 34.8 Å². The first-order valence-electron chi connectivity index (χ1n) is 7.04. The van der Waals surface area contributed by atoms with Crippen LogP contribution >= 0.6 is 0 Å². The third-order valence-electron chi connectivity index (χ3n) is 3.75. The van der Waals surface area contributed by atoms with E-state index in [0.29, 0.717) is 33.5 Å². The summed E-state index contributed by atoms with van der Waals surface area (Å²) in [5.41, 5.74) is 5.79. The quantitative estimate of drug-likeness (QED) is 0.573. The zero-order valence-electron chi connectivity index (χ0n) is 12.5. The first kappa shape index (κ1) is 14.0. The van der Waals surface area contributed by atoms with E-state index in [0.717, 1.165) is 5.56 Å². The topological polar surface area (TPSA) is 124 Å². The molecule has 0 radical (unpaired) electrons.